The summed E-state index contributed by atoms with van der Waals surface area (Å²) in [6, 6.07) is 0. The van der Waals surface area contributed by atoms with E-state index in [1.807, 2.05) is 0 Å². The summed E-state index contributed by atoms with van der Waals surface area (Å²) in [5.74, 6) is 3.48. The molecule has 0 amide bonds. The third-order valence-corrected chi connectivity index (χ3v) is 9.54. The number of hydrogen-bond acceptors (Lipinski definition) is 1. The second-order valence-corrected chi connectivity index (χ2v) is 10.3. The van der Waals surface area contributed by atoms with Crippen molar-refractivity contribution >= 4 is 0 Å². The molecule has 25 heavy (non-hydrogen) atoms. The zero-order valence-corrected chi connectivity index (χ0v) is 16.0. The van der Waals surface area contributed by atoms with Gasteiger partial charge in [0.25, 0.3) is 0 Å². The molecule has 7 atom stereocenters. The first-order chi connectivity index (χ1) is 12.0. The predicted molar refractivity (Wildman–Crippen MR) is 103 cm³/mol. The van der Waals surface area contributed by atoms with E-state index >= 15 is 0 Å². The minimum Gasteiger partial charge on any atom is -0.393 e. The minimum absolute atomic E-state index is 0.0346. The van der Waals surface area contributed by atoms with Crippen LogP contribution < -0.4 is 0 Å². The summed E-state index contributed by atoms with van der Waals surface area (Å²) in [4.78, 5) is 0. The highest BCUT2D eigenvalue weighted by Crippen LogP contribution is 2.66. The number of fused-ring (bicyclic) bond motifs is 5. The molecule has 0 aromatic heterocycles. The normalized spacial score (nSPS) is 51.4. The summed E-state index contributed by atoms with van der Waals surface area (Å²) in [7, 11) is 0. The standard InChI is InChI=1S/C24H34O/c1-23-13-11-17(16-5-3-4-6-16)15-18(23)7-8-19-20-9-10-22(25)24(20,2)14-12-21(19)23/h3-6,18-22,25H,7-15H2,1-2H3. The molecule has 1 heteroatoms. The summed E-state index contributed by atoms with van der Waals surface area (Å²) < 4.78 is 0. The van der Waals surface area contributed by atoms with E-state index in [1.54, 1.807) is 5.57 Å². The SMILES string of the molecule is CC12CCC3C(CCC4CC(=C5C=CC=C5)CCC43C)C1CCC2O. The highest BCUT2D eigenvalue weighted by Gasteiger charge is 2.59. The van der Waals surface area contributed by atoms with Crippen molar-refractivity contribution in [3.8, 4) is 0 Å². The molecule has 5 rings (SSSR count). The third-order valence-electron chi connectivity index (χ3n) is 9.54. The van der Waals surface area contributed by atoms with Crippen molar-refractivity contribution in [3.63, 3.8) is 0 Å². The lowest BCUT2D eigenvalue weighted by molar-refractivity contribution is -0.115. The lowest BCUT2D eigenvalue weighted by atomic mass is 9.45. The van der Waals surface area contributed by atoms with Gasteiger partial charge in [-0.3, -0.25) is 0 Å². The van der Waals surface area contributed by atoms with Crippen LogP contribution in [0.2, 0.25) is 0 Å². The van der Waals surface area contributed by atoms with E-state index in [0.717, 1.165) is 30.1 Å². The predicted octanol–water partition coefficient (Wildman–Crippen LogP) is 5.81. The highest BCUT2D eigenvalue weighted by atomic mass is 16.3. The van der Waals surface area contributed by atoms with Crippen LogP contribution >= 0.6 is 0 Å². The molecular formula is C24H34O. The fourth-order valence-corrected chi connectivity index (χ4v) is 7.92. The average molecular weight is 339 g/mol. The number of aliphatic hydroxyl groups is 1. The zero-order valence-electron chi connectivity index (χ0n) is 16.0. The largest absolute Gasteiger partial charge is 0.393 e. The Labute approximate surface area is 153 Å². The molecule has 5 aliphatic rings. The Hall–Kier alpha value is -0.820. The number of allylic oxidation sites excluding steroid dienone is 6. The van der Waals surface area contributed by atoms with Gasteiger partial charge in [-0.05, 0) is 97.9 Å². The van der Waals surface area contributed by atoms with Gasteiger partial charge in [0.2, 0.25) is 0 Å². The van der Waals surface area contributed by atoms with Gasteiger partial charge in [0.1, 0.15) is 0 Å². The maximum Gasteiger partial charge on any atom is 0.0596 e. The average Bonchev–Trinajstić information content (AvgIpc) is 3.23. The van der Waals surface area contributed by atoms with Crippen molar-refractivity contribution in [1.29, 1.82) is 0 Å². The monoisotopic (exact) mass is 338 g/mol. The first-order valence-electron chi connectivity index (χ1n) is 10.8. The van der Waals surface area contributed by atoms with Crippen LogP contribution in [-0.4, -0.2) is 11.2 Å². The molecule has 0 saturated heterocycles. The zero-order chi connectivity index (χ0) is 17.2. The number of hydrogen-bond donors (Lipinski definition) is 1. The van der Waals surface area contributed by atoms with Gasteiger partial charge in [0, 0.05) is 0 Å². The Morgan fingerprint density at radius 2 is 1.64 bits per heavy atom. The molecule has 5 aliphatic carbocycles. The quantitative estimate of drug-likeness (QED) is 0.590. The van der Waals surface area contributed by atoms with E-state index in [0.29, 0.717) is 5.41 Å². The lowest BCUT2D eigenvalue weighted by Crippen LogP contribution is -2.53. The van der Waals surface area contributed by atoms with Crippen molar-refractivity contribution in [2.75, 3.05) is 0 Å². The van der Waals surface area contributed by atoms with Crippen LogP contribution in [-0.2, 0) is 0 Å². The smallest absolute Gasteiger partial charge is 0.0596 e. The Balaban J connectivity index is 1.42. The maximum atomic E-state index is 10.6. The van der Waals surface area contributed by atoms with Crippen molar-refractivity contribution in [3.05, 3.63) is 35.5 Å². The van der Waals surface area contributed by atoms with Gasteiger partial charge in [-0.25, -0.2) is 0 Å². The van der Waals surface area contributed by atoms with E-state index in [2.05, 4.69) is 38.2 Å². The molecule has 0 radical (unpaired) electrons. The van der Waals surface area contributed by atoms with Crippen LogP contribution in [0.4, 0.5) is 0 Å². The van der Waals surface area contributed by atoms with Crippen LogP contribution in [0.5, 0.6) is 0 Å². The first-order valence-corrected chi connectivity index (χ1v) is 10.8. The molecule has 7 unspecified atom stereocenters. The van der Waals surface area contributed by atoms with Crippen LogP contribution in [0.15, 0.2) is 35.5 Å². The van der Waals surface area contributed by atoms with E-state index < -0.39 is 0 Å². The van der Waals surface area contributed by atoms with E-state index in [1.165, 1.54) is 56.9 Å². The van der Waals surface area contributed by atoms with E-state index in [9.17, 15) is 5.11 Å². The van der Waals surface area contributed by atoms with Crippen molar-refractivity contribution in [2.24, 2.45) is 34.5 Å². The Bertz CT molecular complexity index is 641. The Morgan fingerprint density at radius 1 is 0.880 bits per heavy atom. The molecule has 0 spiro atoms. The topological polar surface area (TPSA) is 20.2 Å². The van der Waals surface area contributed by atoms with Crippen LogP contribution in [0.1, 0.15) is 71.6 Å². The lowest BCUT2D eigenvalue weighted by Gasteiger charge is -2.60. The van der Waals surface area contributed by atoms with E-state index in [-0.39, 0.29) is 11.5 Å². The molecule has 4 saturated carbocycles. The highest BCUT2D eigenvalue weighted by molar-refractivity contribution is 5.44. The molecule has 0 heterocycles. The summed E-state index contributed by atoms with van der Waals surface area (Å²) in [6.45, 7) is 5.05. The van der Waals surface area contributed by atoms with Gasteiger partial charge in [0.05, 0.1) is 6.10 Å². The van der Waals surface area contributed by atoms with Crippen molar-refractivity contribution in [2.45, 2.75) is 77.7 Å². The molecule has 136 valence electrons. The Kier molecular flexibility index (Phi) is 3.66. The van der Waals surface area contributed by atoms with E-state index in [4.69, 9.17) is 0 Å². The molecule has 4 fully saturated rings. The van der Waals surface area contributed by atoms with Gasteiger partial charge in [-0.2, -0.15) is 0 Å². The van der Waals surface area contributed by atoms with Gasteiger partial charge in [-0.1, -0.05) is 43.7 Å². The van der Waals surface area contributed by atoms with Crippen LogP contribution in [0.25, 0.3) is 0 Å². The molecule has 0 bridgehead atoms. The fourth-order valence-electron chi connectivity index (χ4n) is 7.92. The number of aliphatic hydroxyl groups excluding tert-OH is 1. The molecule has 1 N–H and O–H groups in total. The summed E-state index contributed by atoms with van der Waals surface area (Å²) in [5.41, 5.74) is 4.02. The van der Waals surface area contributed by atoms with Gasteiger partial charge < -0.3 is 5.11 Å². The number of rotatable bonds is 0. The third kappa shape index (κ3) is 2.24. The van der Waals surface area contributed by atoms with Gasteiger partial charge in [0.15, 0.2) is 0 Å². The summed E-state index contributed by atoms with van der Waals surface area (Å²) >= 11 is 0. The van der Waals surface area contributed by atoms with Crippen LogP contribution in [0.3, 0.4) is 0 Å². The van der Waals surface area contributed by atoms with Crippen molar-refractivity contribution < 1.29 is 5.11 Å². The summed E-state index contributed by atoms with van der Waals surface area (Å²) in [6.07, 6.45) is 20.8. The Morgan fingerprint density at radius 3 is 2.44 bits per heavy atom. The maximum absolute atomic E-state index is 10.6. The molecule has 0 aromatic rings. The van der Waals surface area contributed by atoms with Gasteiger partial charge in [-0.15, -0.1) is 0 Å². The second-order valence-electron chi connectivity index (χ2n) is 10.3. The van der Waals surface area contributed by atoms with Crippen molar-refractivity contribution in [1.82, 2.24) is 0 Å². The first kappa shape index (κ1) is 16.4. The molecule has 0 aromatic carbocycles. The molecule has 0 aliphatic heterocycles. The van der Waals surface area contributed by atoms with Crippen LogP contribution in [0, 0.1) is 34.5 Å². The second kappa shape index (κ2) is 5.59. The molecule has 1 nitrogen and oxygen atoms in total. The fraction of sp³-hybridized carbons (Fsp3) is 0.750. The molecular weight excluding hydrogens is 304 g/mol. The summed E-state index contributed by atoms with van der Waals surface area (Å²) in [5, 5.41) is 10.6. The van der Waals surface area contributed by atoms with Gasteiger partial charge >= 0.3 is 0 Å². The minimum atomic E-state index is -0.0346.